The first-order valence-corrected chi connectivity index (χ1v) is 12.2. The minimum absolute atomic E-state index is 0.0619. The summed E-state index contributed by atoms with van der Waals surface area (Å²) < 4.78 is 11.5. The Morgan fingerprint density at radius 2 is 1.33 bits per heavy atom. The maximum atomic E-state index is 12.5. The summed E-state index contributed by atoms with van der Waals surface area (Å²) in [5.74, 6) is 2.01. The number of halogens is 1. The minimum Gasteiger partial charge on any atom is -0.462 e. The Balaban J connectivity index is 1.89. The van der Waals surface area contributed by atoms with Gasteiger partial charge in [0.25, 0.3) is 0 Å². The topological polar surface area (TPSA) is 52.6 Å². The molecule has 30 heavy (non-hydrogen) atoms. The molecule has 0 aromatic heterocycles. The third kappa shape index (κ3) is 7.59. The van der Waals surface area contributed by atoms with Gasteiger partial charge in [0.1, 0.15) is 12.2 Å². The zero-order valence-corrected chi connectivity index (χ0v) is 20.4. The number of hydrogen-bond acceptors (Lipinski definition) is 4. The van der Waals surface area contributed by atoms with Crippen LogP contribution in [-0.2, 0) is 19.1 Å². The van der Waals surface area contributed by atoms with Crippen molar-refractivity contribution >= 4 is 23.5 Å². The third-order valence-corrected chi connectivity index (χ3v) is 7.30. The molecular weight excluding hydrogens is 400 g/mol. The molecule has 0 aromatic rings. The fourth-order valence-corrected chi connectivity index (χ4v) is 5.41. The quantitative estimate of drug-likeness (QED) is 0.334. The van der Waals surface area contributed by atoms with Crippen molar-refractivity contribution < 1.29 is 19.1 Å². The van der Waals surface area contributed by atoms with E-state index in [0.717, 1.165) is 25.7 Å². The second-order valence-electron chi connectivity index (χ2n) is 10.4. The van der Waals surface area contributed by atoms with Gasteiger partial charge in [-0.2, -0.15) is 0 Å². The molecule has 4 nitrogen and oxygen atoms in total. The number of carbonyl (C=O) groups excluding carboxylic acids is 2. The summed E-state index contributed by atoms with van der Waals surface area (Å²) in [6.45, 7) is 13.1. The standard InChI is InChI=1S/C25H41ClO4/c1-15(2)20-9-7-17(5)11-22(20)29-24(27)13-19(26)14-25(28)30-23-12-18(6)8-10-21(23)16(3)4/h13,15-18,20-23H,7-12,14H2,1-6H3/b19-13-/t17-,18-,20+,21+,22-,23-/m1/s1. The van der Waals surface area contributed by atoms with Crippen LogP contribution in [0.5, 0.6) is 0 Å². The van der Waals surface area contributed by atoms with Crippen LogP contribution in [0.2, 0.25) is 0 Å². The van der Waals surface area contributed by atoms with Crippen LogP contribution in [0.1, 0.15) is 86.5 Å². The van der Waals surface area contributed by atoms with Crippen LogP contribution in [0, 0.1) is 35.5 Å². The van der Waals surface area contributed by atoms with Crippen molar-refractivity contribution in [3.63, 3.8) is 0 Å². The van der Waals surface area contributed by atoms with Crippen LogP contribution >= 0.6 is 11.6 Å². The molecule has 2 aliphatic rings. The van der Waals surface area contributed by atoms with Gasteiger partial charge < -0.3 is 9.47 Å². The Bertz CT molecular complexity index is 612. The van der Waals surface area contributed by atoms with Crippen molar-refractivity contribution in [1.29, 1.82) is 0 Å². The van der Waals surface area contributed by atoms with Crippen molar-refractivity contribution in [3.05, 3.63) is 11.1 Å². The van der Waals surface area contributed by atoms with Crippen LogP contribution < -0.4 is 0 Å². The van der Waals surface area contributed by atoms with E-state index < -0.39 is 5.97 Å². The van der Waals surface area contributed by atoms with Crippen molar-refractivity contribution in [3.8, 4) is 0 Å². The van der Waals surface area contributed by atoms with Crippen LogP contribution in [0.15, 0.2) is 11.1 Å². The second kappa shape index (κ2) is 11.5. The third-order valence-electron chi connectivity index (χ3n) is 7.06. The first kappa shape index (κ1) is 25.2. The van der Waals surface area contributed by atoms with Gasteiger partial charge in [-0.3, -0.25) is 4.79 Å². The van der Waals surface area contributed by atoms with Crippen LogP contribution in [0.3, 0.4) is 0 Å². The molecular formula is C25H41ClO4. The Labute approximate surface area is 188 Å². The maximum Gasteiger partial charge on any atom is 0.332 e. The maximum absolute atomic E-state index is 12.5. The Morgan fingerprint density at radius 3 is 1.80 bits per heavy atom. The first-order valence-electron chi connectivity index (χ1n) is 11.8. The summed E-state index contributed by atoms with van der Waals surface area (Å²) in [6, 6.07) is 0. The van der Waals surface area contributed by atoms with E-state index in [0.29, 0.717) is 35.5 Å². The predicted molar refractivity (Wildman–Crippen MR) is 121 cm³/mol. The SMILES string of the molecule is CC(C)[C@@H]1CC[C@@H](C)C[C@H]1OC(=O)/C=C(\Cl)CC(=O)O[C@@H]1C[C@H](C)CC[C@H]1C(C)C. The van der Waals surface area contributed by atoms with Crippen molar-refractivity contribution in [2.75, 3.05) is 0 Å². The van der Waals surface area contributed by atoms with Gasteiger partial charge in [-0.25, -0.2) is 4.79 Å². The van der Waals surface area contributed by atoms with E-state index in [4.69, 9.17) is 21.1 Å². The van der Waals surface area contributed by atoms with Gasteiger partial charge in [0.2, 0.25) is 0 Å². The largest absolute Gasteiger partial charge is 0.462 e. The van der Waals surface area contributed by atoms with Gasteiger partial charge in [-0.05, 0) is 61.2 Å². The molecule has 2 fully saturated rings. The molecule has 0 heterocycles. The number of carbonyl (C=O) groups is 2. The van der Waals surface area contributed by atoms with Gasteiger partial charge in [-0.1, -0.05) is 66.0 Å². The molecule has 0 saturated heterocycles. The molecule has 5 heteroatoms. The van der Waals surface area contributed by atoms with Crippen molar-refractivity contribution in [1.82, 2.24) is 0 Å². The van der Waals surface area contributed by atoms with Gasteiger partial charge in [0.05, 0.1) is 6.42 Å². The molecule has 0 aromatic carbocycles. The highest BCUT2D eigenvalue weighted by Gasteiger charge is 2.34. The Hall–Kier alpha value is -1.03. The minimum atomic E-state index is -0.455. The van der Waals surface area contributed by atoms with Gasteiger partial charge in [0, 0.05) is 11.1 Å². The number of esters is 2. The smallest absolute Gasteiger partial charge is 0.332 e. The molecule has 6 atom stereocenters. The Morgan fingerprint density at radius 1 is 0.867 bits per heavy atom. The monoisotopic (exact) mass is 440 g/mol. The molecule has 2 saturated carbocycles. The lowest BCUT2D eigenvalue weighted by Gasteiger charge is -2.36. The van der Waals surface area contributed by atoms with Crippen LogP contribution in [-0.4, -0.2) is 24.1 Å². The molecule has 0 aliphatic heterocycles. The van der Waals surface area contributed by atoms with Crippen molar-refractivity contribution in [2.24, 2.45) is 35.5 Å². The summed E-state index contributed by atoms with van der Waals surface area (Å²) in [4.78, 5) is 24.9. The summed E-state index contributed by atoms with van der Waals surface area (Å²) in [6.07, 6.45) is 7.34. The zero-order valence-electron chi connectivity index (χ0n) is 19.7. The number of hydrogen-bond donors (Lipinski definition) is 0. The summed E-state index contributed by atoms with van der Waals surface area (Å²) in [5, 5.41) is 0.180. The van der Waals surface area contributed by atoms with E-state index in [-0.39, 0.29) is 29.6 Å². The van der Waals surface area contributed by atoms with E-state index in [1.807, 2.05) is 0 Å². The summed E-state index contributed by atoms with van der Waals surface area (Å²) in [5.41, 5.74) is 0. The lowest BCUT2D eigenvalue weighted by molar-refractivity contribution is -0.154. The van der Waals surface area contributed by atoms with Gasteiger partial charge in [-0.15, -0.1) is 0 Å². The van der Waals surface area contributed by atoms with Gasteiger partial charge in [0.15, 0.2) is 0 Å². The normalized spacial score (nSPS) is 32.9. The average molecular weight is 441 g/mol. The van der Waals surface area contributed by atoms with Crippen LogP contribution in [0.25, 0.3) is 0 Å². The highest BCUT2D eigenvalue weighted by Crippen LogP contribution is 2.36. The number of rotatable bonds is 7. The van der Waals surface area contributed by atoms with E-state index in [1.165, 1.54) is 18.9 Å². The van der Waals surface area contributed by atoms with E-state index >= 15 is 0 Å². The molecule has 2 aliphatic carbocycles. The Kier molecular flexibility index (Phi) is 9.71. The van der Waals surface area contributed by atoms with E-state index in [9.17, 15) is 9.59 Å². The molecule has 0 N–H and O–H groups in total. The average Bonchev–Trinajstić information content (AvgIpc) is 2.60. The van der Waals surface area contributed by atoms with Crippen molar-refractivity contribution in [2.45, 2.75) is 98.7 Å². The lowest BCUT2D eigenvalue weighted by atomic mass is 9.75. The molecule has 172 valence electrons. The zero-order chi connectivity index (χ0) is 22.4. The molecule has 0 radical (unpaired) electrons. The fourth-order valence-electron chi connectivity index (χ4n) is 5.21. The highest BCUT2D eigenvalue weighted by molar-refractivity contribution is 6.32. The summed E-state index contributed by atoms with van der Waals surface area (Å²) >= 11 is 6.22. The lowest BCUT2D eigenvalue weighted by Crippen LogP contribution is -2.36. The van der Waals surface area contributed by atoms with Crippen LogP contribution in [0.4, 0.5) is 0 Å². The molecule has 0 amide bonds. The fraction of sp³-hybridized carbons (Fsp3) is 0.840. The molecule has 0 unspecified atom stereocenters. The molecule has 2 rings (SSSR count). The highest BCUT2D eigenvalue weighted by atomic mass is 35.5. The van der Waals surface area contributed by atoms with E-state index in [2.05, 4.69) is 41.5 Å². The molecule has 0 bridgehead atoms. The predicted octanol–water partition coefficient (Wildman–Crippen LogP) is 6.51. The second-order valence-corrected chi connectivity index (χ2v) is 10.9. The molecule has 0 spiro atoms. The van der Waals surface area contributed by atoms with Gasteiger partial charge >= 0.3 is 11.9 Å². The first-order chi connectivity index (χ1) is 14.1. The number of ether oxygens (including phenoxy) is 2. The summed E-state index contributed by atoms with van der Waals surface area (Å²) in [7, 11) is 0. The van der Waals surface area contributed by atoms with E-state index in [1.54, 1.807) is 0 Å².